The van der Waals surface area contributed by atoms with Crippen LogP contribution in [0.4, 0.5) is 25.0 Å². The van der Waals surface area contributed by atoms with Crippen molar-refractivity contribution in [3.63, 3.8) is 0 Å². The van der Waals surface area contributed by atoms with Crippen LogP contribution in [0.25, 0.3) is 11.2 Å². The fourth-order valence-corrected chi connectivity index (χ4v) is 5.13. The molecule has 1 saturated carbocycles. The summed E-state index contributed by atoms with van der Waals surface area (Å²) in [5.41, 5.74) is 0.260. The third-order valence-electron chi connectivity index (χ3n) is 7.14. The highest BCUT2D eigenvalue weighted by molar-refractivity contribution is 6.29. The Balaban J connectivity index is 1.10. The van der Waals surface area contributed by atoms with Gasteiger partial charge in [-0.3, -0.25) is 4.90 Å². The Labute approximate surface area is 197 Å². The van der Waals surface area contributed by atoms with Crippen molar-refractivity contribution >= 4 is 34.7 Å². The molecule has 3 aromatic heterocycles. The van der Waals surface area contributed by atoms with Crippen LogP contribution in [0.15, 0.2) is 28.8 Å². The van der Waals surface area contributed by atoms with Gasteiger partial charge in [0.1, 0.15) is 11.4 Å². The Morgan fingerprint density at radius 1 is 1.09 bits per heavy atom. The van der Waals surface area contributed by atoms with Gasteiger partial charge >= 0.3 is 0 Å². The topological polar surface area (TPSA) is 81.8 Å². The zero-order valence-electron chi connectivity index (χ0n) is 18.1. The molecule has 34 heavy (non-hydrogen) atoms. The number of aliphatic hydroxyl groups is 1. The molecule has 6 rings (SSSR count). The molecule has 8 nitrogen and oxygen atoms in total. The first-order chi connectivity index (χ1) is 16.2. The zero-order chi connectivity index (χ0) is 23.7. The Kier molecular flexibility index (Phi) is 4.95. The fourth-order valence-electron chi connectivity index (χ4n) is 4.98. The van der Waals surface area contributed by atoms with Gasteiger partial charge in [-0.25, -0.2) is 23.1 Å². The summed E-state index contributed by atoms with van der Waals surface area (Å²) in [4.78, 5) is 18.0. The molecular formula is C22H22ClF3N6O2. The number of piperazine rings is 1. The molecule has 0 bridgehead atoms. The first-order valence-corrected chi connectivity index (χ1v) is 11.5. The molecule has 1 spiro atoms. The molecule has 1 aliphatic carbocycles. The maximum absolute atomic E-state index is 14.8. The predicted octanol–water partition coefficient (Wildman–Crippen LogP) is 3.46. The maximum atomic E-state index is 14.8. The smallest absolute Gasteiger partial charge is 0.300 e. The maximum Gasteiger partial charge on any atom is 0.300 e. The number of hydrogen-bond donors (Lipinski definition) is 1. The average Bonchev–Trinajstić information content (AvgIpc) is 3.17. The van der Waals surface area contributed by atoms with E-state index >= 15 is 0 Å². The van der Waals surface area contributed by atoms with Crippen molar-refractivity contribution in [1.29, 1.82) is 0 Å². The lowest BCUT2D eigenvalue weighted by Gasteiger charge is -2.36. The first kappa shape index (κ1) is 21.9. The molecule has 2 saturated heterocycles. The second-order valence-corrected chi connectivity index (χ2v) is 9.64. The number of rotatable bonds is 4. The minimum atomic E-state index is -2.67. The van der Waals surface area contributed by atoms with Crippen molar-refractivity contribution in [2.24, 2.45) is 5.41 Å². The predicted molar refractivity (Wildman–Crippen MR) is 119 cm³/mol. The molecule has 5 heterocycles. The van der Waals surface area contributed by atoms with Gasteiger partial charge in [0.05, 0.1) is 5.41 Å². The van der Waals surface area contributed by atoms with E-state index in [0.29, 0.717) is 67.1 Å². The minimum Gasteiger partial charge on any atom is -0.422 e. The molecule has 2 unspecified atom stereocenters. The van der Waals surface area contributed by atoms with Gasteiger partial charge in [-0.05, 0) is 24.6 Å². The molecule has 2 aliphatic heterocycles. The third kappa shape index (κ3) is 3.57. The van der Waals surface area contributed by atoms with Gasteiger partial charge in [0.25, 0.3) is 11.9 Å². The van der Waals surface area contributed by atoms with E-state index in [2.05, 4.69) is 15.0 Å². The summed E-state index contributed by atoms with van der Waals surface area (Å²) in [5, 5.41) is 11.1. The van der Waals surface area contributed by atoms with Crippen LogP contribution in [0, 0.1) is 11.2 Å². The van der Waals surface area contributed by atoms with E-state index in [0.717, 1.165) is 0 Å². The summed E-state index contributed by atoms with van der Waals surface area (Å²) >= 11 is 5.90. The van der Waals surface area contributed by atoms with Crippen LogP contribution < -0.4 is 9.80 Å². The van der Waals surface area contributed by atoms with Crippen LogP contribution in [0.2, 0.25) is 5.15 Å². The lowest BCUT2D eigenvalue weighted by molar-refractivity contribution is -0.00252. The summed E-state index contributed by atoms with van der Waals surface area (Å²) in [6.07, 6.45) is 0.565. The van der Waals surface area contributed by atoms with Crippen LogP contribution in [-0.4, -0.2) is 70.1 Å². The summed E-state index contributed by atoms with van der Waals surface area (Å²) in [7, 11) is 0. The van der Waals surface area contributed by atoms with Crippen molar-refractivity contribution in [1.82, 2.24) is 19.9 Å². The van der Waals surface area contributed by atoms with Gasteiger partial charge in [-0.2, -0.15) is 4.98 Å². The zero-order valence-corrected chi connectivity index (χ0v) is 18.9. The Hall–Kier alpha value is -2.63. The summed E-state index contributed by atoms with van der Waals surface area (Å²) in [6.45, 7) is 2.50. The molecule has 2 atom stereocenters. The number of aromatic nitrogens is 3. The van der Waals surface area contributed by atoms with E-state index in [4.69, 9.17) is 16.0 Å². The molecule has 180 valence electrons. The monoisotopic (exact) mass is 494 g/mol. The van der Waals surface area contributed by atoms with Gasteiger partial charge in [0.2, 0.25) is 5.65 Å². The Bertz CT molecular complexity index is 1250. The molecule has 3 aromatic rings. The Morgan fingerprint density at radius 2 is 1.85 bits per heavy atom. The molecule has 1 N–H and O–H groups in total. The molecular weight excluding hydrogens is 473 g/mol. The molecule has 3 aliphatic rings. The van der Waals surface area contributed by atoms with E-state index in [1.54, 1.807) is 21.9 Å². The van der Waals surface area contributed by atoms with E-state index in [-0.39, 0.29) is 18.8 Å². The number of hydrogen-bond acceptors (Lipinski definition) is 8. The third-order valence-corrected chi connectivity index (χ3v) is 7.35. The second-order valence-electron chi connectivity index (χ2n) is 9.26. The molecule has 12 heteroatoms. The van der Waals surface area contributed by atoms with E-state index in [1.165, 1.54) is 12.3 Å². The summed E-state index contributed by atoms with van der Waals surface area (Å²) in [6, 6.07) is 5.02. The number of fused-ring (bicyclic) bond motifs is 1. The average molecular weight is 495 g/mol. The number of alkyl halides is 2. The van der Waals surface area contributed by atoms with E-state index < -0.39 is 23.4 Å². The van der Waals surface area contributed by atoms with Crippen LogP contribution in [-0.2, 0) is 0 Å². The standard InChI is InChI=1S/C22H22ClF3N6O2/c23-16-2-1-15-17(28-16)29-20(34-15)31-7-5-30(6-8-31)19(33)13-9-14(24)18(27-10-13)32-4-3-21(12-32)11-22(21,25)26/h1-2,9-10,19,33H,3-8,11-12H2. The van der Waals surface area contributed by atoms with E-state index in [1.807, 2.05) is 4.90 Å². The van der Waals surface area contributed by atoms with Crippen LogP contribution >= 0.6 is 11.6 Å². The van der Waals surface area contributed by atoms with Gasteiger partial charge in [-0.1, -0.05) is 11.6 Å². The van der Waals surface area contributed by atoms with Crippen LogP contribution in [0.1, 0.15) is 24.6 Å². The fraction of sp³-hybridized carbons (Fsp3) is 0.500. The van der Waals surface area contributed by atoms with Crippen molar-refractivity contribution in [3.05, 3.63) is 40.9 Å². The number of oxazole rings is 1. The molecule has 0 aromatic carbocycles. The SMILES string of the molecule is OC(c1cnc(N2CCC3(C2)CC3(F)F)c(F)c1)N1CCN(c2nc3nc(Cl)ccc3o2)CC1. The van der Waals surface area contributed by atoms with Gasteiger partial charge in [0.15, 0.2) is 17.2 Å². The highest BCUT2D eigenvalue weighted by atomic mass is 35.5. The van der Waals surface area contributed by atoms with Crippen molar-refractivity contribution < 1.29 is 22.7 Å². The quantitative estimate of drug-likeness (QED) is 0.552. The van der Waals surface area contributed by atoms with Crippen molar-refractivity contribution in [3.8, 4) is 0 Å². The minimum absolute atomic E-state index is 0.0602. The van der Waals surface area contributed by atoms with Crippen LogP contribution in [0.5, 0.6) is 0 Å². The van der Waals surface area contributed by atoms with Crippen molar-refractivity contribution in [2.45, 2.75) is 25.0 Å². The number of pyridine rings is 2. The van der Waals surface area contributed by atoms with Crippen LogP contribution in [0.3, 0.4) is 0 Å². The number of nitrogens with zero attached hydrogens (tertiary/aromatic N) is 6. The summed E-state index contributed by atoms with van der Waals surface area (Å²) < 4.78 is 47.9. The molecule has 0 amide bonds. The molecule has 3 fully saturated rings. The highest BCUT2D eigenvalue weighted by Gasteiger charge is 2.72. The largest absolute Gasteiger partial charge is 0.422 e. The lowest BCUT2D eigenvalue weighted by Crippen LogP contribution is -2.47. The lowest BCUT2D eigenvalue weighted by atomic mass is 10.1. The Morgan fingerprint density at radius 3 is 2.53 bits per heavy atom. The number of anilines is 2. The van der Waals surface area contributed by atoms with Gasteiger partial charge in [-0.15, -0.1) is 0 Å². The molecule has 0 radical (unpaired) electrons. The normalized spacial score (nSPS) is 25.4. The summed E-state index contributed by atoms with van der Waals surface area (Å²) in [5.74, 6) is -3.23. The van der Waals surface area contributed by atoms with E-state index in [9.17, 15) is 18.3 Å². The van der Waals surface area contributed by atoms with Gasteiger partial charge in [0, 0.05) is 57.4 Å². The highest BCUT2D eigenvalue weighted by Crippen LogP contribution is 2.65. The first-order valence-electron chi connectivity index (χ1n) is 11.1. The second kappa shape index (κ2) is 7.69. The number of halogens is 4. The van der Waals surface area contributed by atoms with Crippen molar-refractivity contribution in [2.75, 3.05) is 49.1 Å². The van der Waals surface area contributed by atoms with Gasteiger partial charge < -0.3 is 19.3 Å². The number of aliphatic hydroxyl groups excluding tert-OH is 1.